The number of carbonyl (C=O) groups is 1. The summed E-state index contributed by atoms with van der Waals surface area (Å²) in [5, 5.41) is 7.90. The molecule has 0 saturated heterocycles. The van der Waals surface area contributed by atoms with Crippen LogP contribution in [0.3, 0.4) is 0 Å². The van der Waals surface area contributed by atoms with Crippen molar-refractivity contribution in [2.45, 2.75) is 44.9 Å². The summed E-state index contributed by atoms with van der Waals surface area (Å²) in [5.41, 5.74) is 4.91. The molecular weight excluding hydrogens is 390 g/mol. The van der Waals surface area contributed by atoms with E-state index in [1.807, 2.05) is 47.3 Å². The first kappa shape index (κ1) is 19.8. The van der Waals surface area contributed by atoms with Crippen molar-refractivity contribution in [3.63, 3.8) is 0 Å². The van der Waals surface area contributed by atoms with Gasteiger partial charge in [0.05, 0.1) is 19.3 Å². The lowest BCUT2D eigenvalue weighted by atomic mass is 10.0. The first-order chi connectivity index (χ1) is 15.2. The number of aromatic nitrogens is 3. The number of ether oxygens (including phenoxy) is 1. The summed E-state index contributed by atoms with van der Waals surface area (Å²) in [6, 6.07) is 14.3. The number of hydrogen-bond acceptors (Lipinski definition) is 5. The molecule has 7 heteroatoms. The van der Waals surface area contributed by atoms with Crippen LogP contribution in [0.15, 0.2) is 48.7 Å². The van der Waals surface area contributed by atoms with Gasteiger partial charge in [0.1, 0.15) is 5.75 Å². The lowest BCUT2D eigenvalue weighted by Crippen LogP contribution is -2.33. The maximum atomic E-state index is 13.0. The van der Waals surface area contributed by atoms with Crippen LogP contribution in [-0.2, 0) is 26.1 Å². The summed E-state index contributed by atoms with van der Waals surface area (Å²) in [6.45, 7) is 3.01. The van der Waals surface area contributed by atoms with Crippen molar-refractivity contribution in [2.75, 3.05) is 13.7 Å². The van der Waals surface area contributed by atoms with E-state index >= 15 is 0 Å². The standard InChI is InChI=1S/C24H27N5O2/c1-31-20-7-4-5-17(13-20)14-29-22-10-12-28(15-19-6-2-3-11-25-19)16-21(22)23(27-29)24(30)26-18-8-9-18/h2-7,11,13,18H,8-10,12,14-16H2,1H3,(H,26,30). The van der Waals surface area contributed by atoms with Gasteiger partial charge in [-0.2, -0.15) is 5.10 Å². The summed E-state index contributed by atoms with van der Waals surface area (Å²) in [6.07, 6.45) is 4.80. The molecule has 1 aromatic carbocycles. The molecule has 160 valence electrons. The second-order valence-electron chi connectivity index (χ2n) is 8.31. The number of amides is 1. The fraction of sp³-hybridized carbons (Fsp3) is 0.375. The first-order valence-corrected chi connectivity index (χ1v) is 10.8. The van der Waals surface area contributed by atoms with E-state index in [9.17, 15) is 4.79 Å². The third-order valence-electron chi connectivity index (χ3n) is 5.92. The Labute approximate surface area is 182 Å². The van der Waals surface area contributed by atoms with Crippen LogP contribution in [0.5, 0.6) is 5.75 Å². The Morgan fingerprint density at radius 1 is 1.19 bits per heavy atom. The largest absolute Gasteiger partial charge is 0.497 e. The number of hydrogen-bond donors (Lipinski definition) is 1. The normalized spacial score (nSPS) is 16.0. The van der Waals surface area contributed by atoms with Crippen LogP contribution in [0.4, 0.5) is 0 Å². The van der Waals surface area contributed by atoms with Crippen molar-refractivity contribution >= 4 is 5.91 Å². The highest BCUT2D eigenvalue weighted by Crippen LogP contribution is 2.26. The topological polar surface area (TPSA) is 72.3 Å². The second-order valence-corrected chi connectivity index (χ2v) is 8.31. The number of rotatable bonds is 7. The number of nitrogens with one attached hydrogen (secondary N) is 1. The van der Waals surface area contributed by atoms with E-state index in [4.69, 9.17) is 9.84 Å². The Morgan fingerprint density at radius 3 is 2.87 bits per heavy atom. The minimum Gasteiger partial charge on any atom is -0.497 e. The first-order valence-electron chi connectivity index (χ1n) is 10.8. The Balaban J connectivity index is 1.42. The minimum absolute atomic E-state index is 0.0529. The van der Waals surface area contributed by atoms with Gasteiger partial charge in [-0.15, -0.1) is 0 Å². The summed E-state index contributed by atoms with van der Waals surface area (Å²) >= 11 is 0. The molecular formula is C24H27N5O2. The summed E-state index contributed by atoms with van der Waals surface area (Å²) in [5.74, 6) is 0.773. The van der Waals surface area contributed by atoms with Crippen LogP contribution in [0.1, 0.15) is 45.8 Å². The lowest BCUT2D eigenvalue weighted by molar-refractivity contribution is 0.0943. The van der Waals surface area contributed by atoms with Gasteiger partial charge >= 0.3 is 0 Å². The molecule has 0 spiro atoms. The van der Waals surface area contributed by atoms with Gasteiger partial charge in [0.2, 0.25) is 0 Å². The number of carbonyl (C=O) groups excluding carboxylic acids is 1. The zero-order valence-corrected chi connectivity index (χ0v) is 17.8. The van der Waals surface area contributed by atoms with Crippen molar-refractivity contribution in [3.8, 4) is 5.75 Å². The highest BCUT2D eigenvalue weighted by atomic mass is 16.5. The van der Waals surface area contributed by atoms with Crippen molar-refractivity contribution in [1.82, 2.24) is 25.0 Å². The highest BCUT2D eigenvalue weighted by Gasteiger charge is 2.31. The van der Waals surface area contributed by atoms with E-state index in [2.05, 4.69) is 21.3 Å². The molecule has 31 heavy (non-hydrogen) atoms. The van der Waals surface area contributed by atoms with Crippen LogP contribution < -0.4 is 10.1 Å². The molecule has 2 aliphatic rings. The van der Waals surface area contributed by atoms with Crippen molar-refractivity contribution < 1.29 is 9.53 Å². The van der Waals surface area contributed by atoms with Crippen LogP contribution in [0.25, 0.3) is 0 Å². The molecule has 0 unspecified atom stereocenters. The van der Waals surface area contributed by atoms with Gasteiger partial charge < -0.3 is 10.1 Å². The molecule has 1 saturated carbocycles. The number of methoxy groups -OCH3 is 1. The molecule has 1 fully saturated rings. The Bertz CT molecular complexity index is 1070. The molecule has 1 N–H and O–H groups in total. The van der Waals surface area contributed by atoms with Crippen LogP contribution in [0.2, 0.25) is 0 Å². The van der Waals surface area contributed by atoms with E-state index in [1.165, 1.54) is 0 Å². The predicted molar refractivity (Wildman–Crippen MR) is 117 cm³/mol. The number of nitrogens with zero attached hydrogens (tertiary/aromatic N) is 4. The molecule has 0 bridgehead atoms. The molecule has 1 aliphatic heterocycles. The fourth-order valence-electron chi connectivity index (χ4n) is 4.14. The zero-order chi connectivity index (χ0) is 21.2. The van der Waals surface area contributed by atoms with E-state index < -0.39 is 0 Å². The molecule has 0 radical (unpaired) electrons. The van der Waals surface area contributed by atoms with Crippen LogP contribution >= 0.6 is 0 Å². The zero-order valence-electron chi connectivity index (χ0n) is 17.8. The van der Waals surface area contributed by atoms with Gasteiger partial charge in [0.25, 0.3) is 5.91 Å². The molecule has 2 aromatic heterocycles. The quantitative estimate of drug-likeness (QED) is 0.640. The van der Waals surface area contributed by atoms with E-state index in [0.717, 1.165) is 60.6 Å². The maximum Gasteiger partial charge on any atom is 0.272 e. The number of pyridine rings is 1. The molecule has 1 aliphatic carbocycles. The number of fused-ring (bicyclic) bond motifs is 1. The van der Waals surface area contributed by atoms with Gasteiger partial charge in [-0.05, 0) is 42.7 Å². The maximum absolute atomic E-state index is 13.0. The van der Waals surface area contributed by atoms with E-state index in [1.54, 1.807) is 7.11 Å². The monoisotopic (exact) mass is 417 g/mol. The second kappa shape index (κ2) is 8.51. The van der Waals surface area contributed by atoms with E-state index in [0.29, 0.717) is 24.8 Å². The average Bonchev–Trinajstić information content (AvgIpc) is 3.54. The summed E-state index contributed by atoms with van der Waals surface area (Å²) in [7, 11) is 1.67. The third-order valence-corrected chi connectivity index (χ3v) is 5.92. The van der Waals surface area contributed by atoms with Gasteiger partial charge in [0.15, 0.2) is 5.69 Å². The predicted octanol–water partition coefficient (Wildman–Crippen LogP) is 2.79. The number of benzene rings is 1. The van der Waals surface area contributed by atoms with Crippen LogP contribution in [-0.4, -0.2) is 45.3 Å². The molecule has 7 nitrogen and oxygen atoms in total. The molecule has 1 amide bonds. The fourth-order valence-corrected chi connectivity index (χ4v) is 4.14. The summed E-state index contributed by atoms with van der Waals surface area (Å²) in [4.78, 5) is 19.8. The Hall–Kier alpha value is -3.19. The van der Waals surface area contributed by atoms with Gasteiger partial charge in [-0.1, -0.05) is 18.2 Å². The van der Waals surface area contributed by atoms with Gasteiger partial charge in [-0.3, -0.25) is 19.4 Å². The van der Waals surface area contributed by atoms with Gasteiger partial charge in [0, 0.05) is 49.6 Å². The van der Waals surface area contributed by atoms with E-state index in [-0.39, 0.29) is 5.91 Å². The van der Waals surface area contributed by atoms with Gasteiger partial charge in [-0.25, -0.2) is 0 Å². The van der Waals surface area contributed by atoms with Crippen molar-refractivity contribution in [3.05, 3.63) is 76.9 Å². The Kier molecular flexibility index (Phi) is 5.42. The SMILES string of the molecule is COc1cccc(Cn2nc(C(=O)NC3CC3)c3c2CCN(Cc2ccccn2)C3)c1. The lowest BCUT2D eigenvalue weighted by Gasteiger charge is -2.27. The third kappa shape index (κ3) is 4.46. The highest BCUT2D eigenvalue weighted by molar-refractivity contribution is 5.94. The molecule has 5 rings (SSSR count). The molecule has 3 aromatic rings. The molecule has 0 atom stereocenters. The molecule has 3 heterocycles. The minimum atomic E-state index is -0.0529. The van der Waals surface area contributed by atoms with Crippen LogP contribution in [0, 0.1) is 0 Å². The van der Waals surface area contributed by atoms with Crippen molar-refractivity contribution in [2.24, 2.45) is 0 Å². The van der Waals surface area contributed by atoms with Crippen molar-refractivity contribution in [1.29, 1.82) is 0 Å². The summed E-state index contributed by atoms with van der Waals surface area (Å²) < 4.78 is 7.37. The average molecular weight is 418 g/mol. The smallest absolute Gasteiger partial charge is 0.272 e. The Morgan fingerprint density at radius 2 is 2.10 bits per heavy atom.